The zero-order valence-corrected chi connectivity index (χ0v) is 8.93. The molecule has 2 heteroatoms. The predicted octanol–water partition coefficient (Wildman–Crippen LogP) is 3.27. The Labute approximate surface area is 80.8 Å². The second-order valence-electron chi connectivity index (χ2n) is 3.71. The van der Waals surface area contributed by atoms with Gasteiger partial charge in [0, 0.05) is 17.8 Å². The average Bonchev–Trinajstić information content (AvgIpc) is 2.62. The first-order valence-corrected chi connectivity index (χ1v) is 5.31. The molecule has 1 aromatic heterocycles. The lowest BCUT2D eigenvalue weighted by atomic mass is 10.1. The molecule has 1 N–H and O–H groups in total. The second-order valence-corrected chi connectivity index (χ2v) is 3.71. The highest BCUT2D eigenvalue weighted by Gasteiger charge is 2.06. The van der Waals surface area contributed by atoms with Crippen molar-refractivity contribution in [2.45, 2.75) is 52.4 Å². The number of hydrogen-bond acceptors (Lipinski definition) is 1. The van der Waals surface area contributed by atoms with E-state index in [1.165, 1.54) is 18.5 Å². The van der Waals surface area contributed by atoms with E-state index >= 15 is 0 Å². The van der Waals surface area contributed by atoms with Crippen LogP contribution in [0.25, 0.3) is 0 Å². The van der Waals surface area contributed by atoms with Crippen LogP contribution in [0.5, 0.6) is 0 Å². The summed E-state index contributed by atoms with van der Waals surface area (Å²) in [5.74, 6) is 1.71. The van der Waals surface area contributed by atoms with Gasteiger partial charge in [-0.2, -0.15) is 0 Å². The first-order valence-electron chi connectivity index (χ1n) is 5.31. The summed E-state index contributed by atoms with van der Waals surface area (Å²) in [5, 5.41) is 0. The zero-order chi connectivity index (χ0) is 9.68. The van der Waals surface area contributed by atoms with Gasteiger partial charge in [0.2, 0.25) is 0 Å². The van der Waals surface area contributed by atoms with Crippen LogP contribution in [0.2, 0.25) is 0 Å². The van der Waals surface area contributed by atoms with E-state index in [0.29, 0.717) is 5.92 Å². The highest BCUT2D eigenvalue weighted by molar-refractivity contribution is 5.04. The molecular weight excluding hydrogens is 160 g/mol. The number of aryl methyl sites for hydroxylation is 1. The Morgan fingerprint density at radius 1 is 1.46 bits per heavy atom. The molecule has 0 aliphatic carbocycles. The molecule has 1 rings (SSSR count). The Bertz CT molecular complexity index is 240. The minimum Gasteiger partial charge on any atom is -0.346 e. The van der Waals surface area contributed by atoms with Crippen LogP contribution in [-0.4, -0.2) is 9.97 Å². The first-order chi connectivity index (χ1) is 6.27. The van der Waals surface area contributed by atoms with Crippen molar-refractivity contribution in [2.24, 2.45) is 0 Å². The second kappa shape index (κ2) is 5.05. The van der Waals surface area contributed by atoms with E-state index < -0.39 is 0 Å². The van der Waals surface area contributed by atoms with Crippen molar-refractivity contribution in [3.63, 3.8) is 0 Å². The average molecular weight is 180 g/mol. The molecule has 1 unspecified atom stereocenters. The molecule has 1 heterocycles. The summed E-state index contributed by atoms with van der Waals surface area (Å²) in [5.41, 5.74) is 1.29. The molecule has 74 valence electrons. The quantitative estimate of drug-likeness (QED) is 0.740. The zero-order valence-electron chi connectivity index (χ0n) is 8.93. The highest BCUT2D eigenvalue weighted by atomic mass is 14.9. The van der Waals surface area contributed by atoms with Crippen molar-refractivity contribution in [3.8, 4) is 0 Å². The standard InChI is InChI=1S/C11H20N2/c1-4-6-7-10-8-12-11(13-10)9(3)5-2/h8-9H,4-7H2,1-3H3,(H,12,13). The van der Waals surface area contributed by atoms with Crippen molar-refractivity contribution in [1.29, 1.82) is 0 Å². The van der Waals surface area contributed by atoms with Crippen LogP contribution >= 0.6 is 0 Å². The summed E-state index contributed by atoms with van der Waals surface area (Å²) in [6.45, 7) is 6.62. The first kappa shape index (κ1) is 10.3. The summed E-state index contributed by atoms with van der Waals surface area (Å²) in [6.07, 6.45) is 6.78. The highest BCUT2D eigenvalue weighted by Crippen LogP contribution is 2.15. The van der Waals surface area contributed by atoms with Crippen molar-refractivity contribution in [2.75, 3.05) is 0 Å². The van der Waals surface area contributed by atoms with Crippen molar-refractivity contribution < 1.29 is 0 Å². The maximum atomic E-state index is 4.38. The number of unbranched alkanes of at least 4 members (excludes halogenated alkanes) is 1. The van der Waals surface area contributed by atoms with Crippen molar-refractivity contribution >= 4 is 0 Å². The van der Waals surface area contributed by atoms with Gasteiger partial charge in [0.05, 0.1) is 0 Å². The summed E-state index contributed by atoms with van der Waals surface area (Å²) in [6, 6.07) is 0. The number of nitrogens with zero attached hydrogens (tertiary/aromatic N) is 1. The summed E-state index contributed by atoms with van der Waals surface area (Å²) >= 11 is 0. The summed E-state index contributed by atoms with van der Waals surface area (Å²) in [7, 11) is 0. The Morgan fingerprint density at radius 3 is 2.85 bits per heavy atom. The van der Waals surface area contributed by atoms with E-state index in [1.54, 1.807) is 0 Å². The molecule has 2 nitrogen and oxygen atoms in total. The maximum Gasteiger partial charge on any atom is 0.109 e. The molecular formula is C11H20N2. The molecule has 0 saturated carbocycles. The Balaban J connectivity index is 2.53. The molecule has 0 radical (unpaired) electrons. The van der Waals surface area contributed by atoms with Crippen LogP contribution in [0.15, 0.2) is 6.20 Å². The van der Waals surface area contributed by atoms with Crippen LogP contribution < -0.4 is 0 Å². The molecule has 13 heavy (non-hydrogen) atoms. The van der Waals surface area contributed by atoms with Gasteiger partial charge in [0.25, 0.3) is 0 Å². The smallest absolute Gasteiger partial charge is 0.109 e. The third-order valence-corrected chi connectivity index (χ3v) is 2.53. The fourth-order valence-electron chi connectivity index (χ4n) is 1.31. The van der Waals surface area contributed by atoms with Gasteiger partial charge in [-0.25, -0.2) is 4.98 Å². The van der Waals surface area contributed by atoms with Gasteiger partial charge in [-0.1, -0.05) is 27.2 Å². The number of aromatic amines is 1. The van der Waals surface area contributed by atoms with Gasteiger partial charge in [-0.05, 0) is 19.3 Å². The van der Waals surface area contributed by atoms with Crippen LogP contribution in [0, 0.1) is 0 Å². The van der Waals surface area contributed by atoms with Gasteiger partial charge in [0.1, 0.15) is 5.82 Å². The number of imidazole rings is 1. The summed E-state index contributed by atoms with van der Waals surface area (Å²) in [4.78, 5) is 7.77. The molecule has 0 aromatic carbocycles. The van der Waals surface area contributed by atoms with E-state index in [0.717, 1.165) is 18.7 Å². The number of nitrogens with one attached hydrogen (secondary N) is 1. The van der Waals surface area contributed by atoms with Gasteiger partial charge < -0.3 is 4.98 Å². The number of rotatable bonds is 5. The maximum absolute atomic E-state index is 4.38. The Morgan fingerprint density at radius 2 is 2.23 bits per heavy atom. The molecule has 0 spiro atoms. The lowest BCUT2D eigenvalue weighted by molar-refractivity contribution is 0.684. The van der Waals surface area contributed by atoms with Gasteiger partial charge in [-0.15, -0.1) is 0 Å². The largest absolute Gasteiger partial charge is 0.346 e. The third kappa shape index (κ3) is 2.87. The van der Waals surface area contributed by atoms with Crippen molar-refractivity contribution in [1.82, 2.24) is 9.97 Å². The Kier molecular flexibility index (Phi) is 4.00. The minimum absolute atomic E-state index is 0.565. The lowest BCUT2D eigenvalue weighted by Crippen LogP contribution is -1.94. The van der Waals surface area contributed by atoms with Crippen LogP contribution in [-0.2, 0) is 6.42 Å². The van der Waals surface area contributed by atoms with E-state index in [1.807, 2.05) is 6.20 Å². The van der Waals surface area contributed by atoms with E-state index in [-0.39, 0.29) is 0 Å². The monoisotopic (exact) mass is 180 g/mol. The summed E-state index contributed by atoms with van der Waals surface area (Å²) < 4.78 is 0. The molecule has 0 aliphatic heterocycles. The molecule has 0 aliphatic rings. The third-order valence-electron chi connectivity index (χ3n) is 2.53. The molecule has 0 fully saturated rings. The minimum atomic E-state index is 0.565. The fraction of sp³-hybridized carbons (Fsp3) is 0.727. The lowest BCUT2D eigenvalue weighted by Gasteiger charge is -2.02. The molecule has 1 aromatic rings. The van der Waals surface area contributed by atoms with Gasteiger partial charge >= 0.3 is 0 Å². The number of aromatic nitrogens is 2. The number of hydrogen-bond donors (Lipinski definition) is 1. The van der Waals surface area contributed by atoms with Gasteiger partial charge in [0.15, 0.2) is 0 Å². The normalized spacial score (nSPS) is 13.2. The van der Waals surface area contributed by atoms with E-state index in [9.17, 15) is 0 Å². The van der Waals surface area contributed by atoms with E-state index in [4.69, 9.17) is 0 Å². The van der Waals surface area contributed by atoms with E-state index in [2.05, 4.69) is 30.7 Å². The van der Waals surface area contributed by atoms with Crippen LogP contribution in [0.1, 0.15) is 57.5 Å². The molecule has 1 atom stereocenters. The fourth-order valence-corrected chi connectivity index (χ4v) is 1.31. The molecule has 0 bridgehead atoms. The SMILES string of the molecule is CCCCc1cnc(C(C)CC)[nH]1. The van der Waals surface area contributed by atoms with Crippen LogP contribution in [0.4, 0.5) is 0 Å². The predicted molar refractivity (Wildman–Crippen MR) is 55.9 cm³/mol. The molecule has 0 saturated heterocycles. The van der Waals surface area contributed by atoms with Crippen molar-refractivity contribution in [3.05, 3.63) is 17.7 Å². The topological polar surface area (TPSA) is 28.7 Å². The Hall–Kier alpha value is -0.790. The molecule has 0 amide bonds. The number of H-pyrrole nitrogens is 1. The van der Waals surface area contributed by atoms with Gasteiger partial charge in [-0.3, -0.25) is 0 Å². The van der Waals surface area contributed by atoms with Crippen LogP contribution in [0.3, 0.4) is 0 Å².